The Balaban J connectivity index is 1.43. The van der Waals surface area contributed by atoms with Crippen LogP contribution in [0.5, 0.6) is 5.75 Å². The minimum Gasteiger partial charge on any atom is -0.478 e. The maximum atomic E-state index is 12.8. The molecule has 1 aromatic heterocycles. The molecule has 0 unspecified atom stereocenters. The summed E-state index contributed by atoms with van der Waals surface area (Å²) in [6, 6.07) is 18.4. The summed E-state index contributed by atoms with van der Waals surface area (Å²) in [5, 5.41) is 2.74. The topological polar surface area (TPSA) is 42.7 Å². The molecule has 1 aliphatic rings. The van der Waals surface area contributed by atoms with Crippen molar-refractivity contribution in [1.29, 1.82) is 0 Å². The average molecular weight is 487 g/mol. The van der Waals surface area contributed by atoms with E-state index in [-0.39, 0.29) is 0 Å². The van der Waals surface area contributed by atoms with Crippen molar-refractivity contribution < 1.29 is 9.15 Å². The number of ether oxygens (including phenoxy) is 1. The summed E-state index contributed by atoms with van der Waals surface area (Å²) in [5.74, 6) is 0.737. The van der Waals surface area contributed by atoms with Gasteiger partial charge in [-0.15, -0.1) is 0 Å². The number of nitrogens with zero attached hydrogens (tertiary/aromatic N) is 1. The highest BCUT2D eigenvalue weighted by Gasteiger charge is 2.22. The Morgan fingerprint density at radius 3 is 2.47 bits per heavy atom. The molecule has 0 amide bonds. The Morgan fingerprint density at radius 2 is 1.69 bits per heavy atom. The summed E-state index contributed by atoms with van der Waals surface area (Å²) in [5.41, 5.74) is 3.33. The van der Waals surface area contributed by atoms with Gasteiger partial charge in [-0.1, -0.05) is 53.0 Å². The smallest absolute Gasteiger partial charge is 0.344 e. The van der Waals surface area contributed by atoms with Crippen molar-refractivity contribution in [3.05, 3.63) is 97.3 Å². The molecule has 162 valence electrons. The third-order valence-corrected chi connectivity index (χ3v) is 6.45. The lowest BCUT2D eigenvalue weighted by molar-refractivity contribution is 0.0968. The third-order valence-electron chi connectivity index (χ3n) is 5.61. The first-order valence-corrected chi connectivity index (χ1v) is 11.3. The number of benzene rings is 3. The van der Waals surface area contributed by atoms with Gasteiger partial charge in [-0.3, -0.25) is 4.90 Å². The molecule has 0 saturated carbocycles. The first kappa shape index (κ1) is 21.4. The SMILES string of the molecule is O=c1oc2c3c(ccc2cc1-c1ccc(Cl)cc1)OCN(CCc1ccc(Cl)cc1Cl)C3. The molecule has 3 aromatic carbocycles. The fourth-order valence-corrected chi connectivity index (χ4v) is 4.55. The van der Waals surface area contributed by atoms with Crippen LogP contribution in [-0.4, -0.2) is 18.2 Å². The summed E-state index contributed by atoms with van der Waals surface area (Å²) in [6.07, 6.45) is 0.754. The second-order valence-corrected chi connectivity index (χ2v) is 9.01. The lowest BCUT2D eigenvalue weighted by atomic mass is 10.0. The van der Waals surface area contributed by atoms with Crippen LogP contribution in [0, 0.1) is 0 Å². The van der Waals surface area contributed by atoms with Crippen LogP contribution in [-0.2, 0) is 13.0 Å². The van der Waals surface area contributed by atoms with Gasteiger partial charge in [0.15, 0.2) is 0 Å². The predicted octanol–water partition coefficient (Wildman–Crippen LogP) is 6.81. The van der Waals surface area contributed by atoms with Crippen LogP contribution in [0.4, 0.5) is 0 Å². The molecule has 1 aliphatic heterocycles. The van der Waals surface area contributed by atoms with Gasteiger partial charge in [-0.2, -0.15) is 0 Å². The molecule has 2 heterocycles. The summed E-state index contributed by atoms with van der Waals surface area (Å²) in [7, 11) is 0. The van der Waals surface area contributed by atoms with Crippen LogP contribution < -0.4 is 10.4 Å². The molecule has 4 aromatic rings. The molecule has 7 heteroatoms. The van der Waals surface area contributed by atoms with Crippen molar-refractivity contribution in [2.75, 3.05) is 13.3 Å². The number of hydrogen-bond donors (Lipinski definition) is 0. The molecule has 0 aliphatic carbocycles. The molecule has 0 spiro atoms. The summed E-state index contributed by atoms with van der Waals surface area (Å²) in [4.78, 5) is 14.9. The Bertz CT molecular complexity index is 1370. The van der Waals surface area contributed by atoms with Gasteiger partial charge in [0.2, 0.25) is 0 Å². The lowest BCUT2D eigenvalue weighted by Crippen LogP contribution is -2.33. The van der Waals surface area contributed by atoms with E-state index in [4.69, 9.17) is 44.0 Å². The monoisotopic (exact) mass is 485 g/mol. The maximum Gasteiger partial charge on any atom is 0.344 e. The van der Waals surface area contributed by atoms with E-state index >= 15 is 0 Å². The number of halogens is 3. The summed E-state index contributed by atoms with van der Waals surface area (Å²) in [6.45, 7) is 1.81. The highest BCUT2D eigenvalue weighted by atomic mass is 35.5. The quantitative estimate of drug-likeness (QED) is 0.297. The maximum absolute atomic E-state index is 12.8. The minimum atomic E-state index is -0.390. The van der Waals surface area contributed by atoms with E-state index in [1.54, 1.807) is 18.2 Å². The minimum absolute atomic E-state index is 0.390. The first-order chi connectivity index (χ1) is 15.5. The van der Waals surface area contributed by atoms with Gasteiger partial charge in [-0.25, -0.2) is 4.79 Å². The van der Waals surface area contributed by atoms with E-state index in [0.29, 0.717) is 39.5 Å². The zero-order valence-corrected chi connectivity index (χ0v) is 19.2. The zero-order valence-electron chi connectivity index (χ0n) is 16.9. The van der Waals surface area contributed by atoms with Gasteiger partial charge in [0, 0.05) is 33.5 Å². The number of hydrogen-bond acceptors (Lipinski definition) is 4. The van der Waals surface area contributed by atoms with E-state index in [9.17, 15) is 4.79 Å². The van der Waals surface area contributed by atoms with Gasteiger partial charge in [-0.05, 0) is 60.0 Å². The molecular weight excluding hydrogens is 469 g/mol. The van der Waals surface area contributed by atoms with Gasteiger partial charge < -0.3 is 9.15 Å². The normalized spacial score (nSPS) is 13.7. The Labute approximate surface area is 199 Å². The van der Waals surface area contributed by atoms with Gasteiger partial charge >= 0.3 is 5.63 Å². The third kappa shape index (κ3) is 4.24. The number of fused-ring (bicyclic) bond motifs is 3. The van der Waals surface area contributed by atoms with E-state index < -0.39 is 5.63 Å². The lowest BCUT2D eigenvalue weighted by Gasteiger charge is -2.29. The number of rotatable bonds is 4. The molecule has 0 fully saturated rings. The average Bonchev–Trinajstić information content (AvgIpc) is 2.79. The Morgan fingerprint density at radius 1 is 0.906 bits per heavy atom. The zero-order chi connectivity index (χ0) is 22.2. The van der Waals surface area contributed by atoms with Crippen LogP contribution in [0.3, 0.4) is 0 Å². The van der Waals surface area contributed by atoms with Gasteiger partial charge in [0.1, 0.15) is 18.1 Å². The molecule has 0 radical (unpaired) electrons. The van der Waals surface area contributed by atoms with Crippen molar-refractivity contribution in [1.82, 2.24) is 4.90 Å². The highest BCUT2D eigenvalue weighted by Crippen LogP contribution is 2.33. The van der Waals surface area contributed by atoms with Crippen LogP contribution in [0.2, 0.25) is 15.1 Å². The molecular formula is C25H18Cl3NO3. The summed E-state index contributed by atoms with van der Waals surface area (Å²) < 4.78 is 11.7. The molecule has 0 N–H and O–H groups in total. The van der Waals surface area contributed by atoms with Crippen molar-refractivity contribution >= 4 is 45.8 Å². The molecule has 4 nitrogen and oxygen atoms in total. The van der Waals surface area contributed by atoms with Crippen LogP contribution in [0.25, 0.3) is 22.1 Å². The molecule has 32 heavy (non-hydrogen) atoms. The van der Waals surface area contributed by atoms with Crippen molar-refractivity contribution in [2.24, 2.45) is 0 Å². The Hall–Kier alpha value is -2.50. The first-order valence-electron chi connectivity index (χ1n) is 10.1. The van der Waals surface area contributed by atoms with E-state index in [1.807, 2.05) is 42.5 Å². The molecule has 0 saturated heterocycles. The van der Waals surface area contributed by atoms with E-state index in [2.05, 4.69) is 4.90 Å². The van der Waals surface area contributed by atoms with Crippen molar-refractivity contribution in [3.8, 4) is 16.9 Å². The predicted molar refractivity (Wildman–Crippen MR) is 129 cm³/mol. The molecule has 5 rings (SSSR count). The second-order valence-electron chi connectivity index (χ2n) is 7.73. The fraction of sp³-hybridized carbons (Fsp3) is 0.160. The molecule has 0 atom stereocenters. The van der Waals surface area contributed by atoms with Crippen LogP contribution in [0.15, 0.2) is 69.9 Å². The van der Waals surface area contributed by atoms with Gasteiger partial charge in [0.05, 0.1) is 11.1 Å². The van der Waals surface area contributed by atoms with E-state index in [0.717, 1.165) is 40.8 Å². The van der Waals surface area contributed by atoms with Crippen LogP contribution in [0.1, 0.15) is 11.1 Å². The second kappa shape index (κ2) is 8.80. The van der Waals surface area contributed by atoms with Crippen LogP contribution >= 0.6 is 34.8 Å². The summed E-state index contributed by atoms with van der Waals surface area (Å²) >= 11 is 18.3. The van der Waals surface area contributed by atoms with Gasteiger partial charge in [0.25, 0.3) is 0 Å². The fourth-order valence-electron chi connectivity index (χ4n) is 3.92. The largest absolute Gasteiger partial charge is 0.478 e. The molecule has 0 bridgehead atoms. The Kier molecular flexibility index (Phi) is 5.87. The van der Waals surface area contributed by atoms with Crippen molar-refractivity contribution in [2.45, 2.75) is 13.0 Å². The standard InChI is InChI=1S/C25H18Cl3NO3/c26-18-5-1-15(2-6-18)20-11-17-4-8-23-21(24(17)32-25(20)30)13-29(14-31-23)10-9-16-3-7-19(27)12-22(16)28/h1-8,11-12H,9-10,13-14H2. The van der Waals surface area contributed by atoms with Crippen molar-refractivity contribution in [3.63, 3.8) is 0 Å². The highest BCUT2D eigenvalue weighted by molar-refractivity contribution is 6.35. The van der Waals surface area contributed by atoms with E-state index in [1.165, 1.54) is 0 Å².